The molecule has 0 saturated heterocycles. The van der Waals surface area contributed by atoms with E-state index in [-0.39, 0.29) is 18.9 Å². The molecule has 1 aromatic carbocycles. The van der Waals surface area contributed by atoms with Crippen LogP contribution >= 0.6 is 27.7 Å². The van der Waals surface area contributed by atoms with Gasteiger partial charge in [0.25, 0.3) is 5.91 Å². The van der Waals surface area contributed by atoms with E-state index in [2.05, 4.69) is 31.2 Å². The van der Waals surface area contributed by atoms with Crippen molar-refractivity contribution in [1.82, 2.24) is 9.97 Å². The third-order valence-corrected chi connectivity index (χ3v) is 4.73. The number of carbonyl (C=O) groups excluding carboxylic acids is 2. The van der Waals surface area contributed by atoms with E-state index in [0.717, 1.165) is 26.6 Å². The fourth-order valence-electron chi connectivity index (χ4n) is 2.34. The highest BCUT2D eigenvalue weighted by Crippen LogP contribution is 2.17. The summed E-state index contributed by atoms with van der Waals surface area (Å²) in [6.45, 7) is 3.50. The number of hydrogen-bond donors (Lipinski definition) is 1. The van der Waals surface area contributed by atoms with Crippen molar-refractivity contribution in [3.63, 3.8) is 0 Å². The molecule has 0 atom stereocenters. The van der Waals surface area contributed by atoms with E-state index >= 15 is 0 Å². The van der Waals surface area contributed by atoms with Crippen LogP contribution in [0.25, 0.3) is 0 Å². The minimum Gasteiger partial charge on any atom is -0.456 e. The van der Waals surface area contributed by atoms with Crippen molar-refractivity contribution in [2.24, 2.45) is 0 Å². The summed E-state index contributed by atoms with van der Waals surface area (Å²) in [5.74, 6) is -0.801. The fourth-order valence-corrected chi connectivity index (χ4v) is 3.06. The van der Waals surface area contributed by atoms with E-state index in [4.69, 9.17) is 4.74 Å². The van der Waals surface area contributed by atoms with Gasteiger partial charge in [-0.15, -0.1) is 0 Å². The van der Waals surface area contributed by atoms with Gasteiger partial charge in [0.05, 0.1) is 0 Å². The molecular weight excluding hydrogens is 418 g/mol. The summed E-state index contributed by atoms with van der Waals surface area (Å²) in [6, 6.07) is 7.15. The highest BCUT2D eigenvalue weighted by molar-refractivity contribution is 9.10. The van der Waals surface area contributed by atoms with Crippen molar-refractivity contribution < 1.29 is 14.3 Å². The van der Waals surface area contributed by atoms with Crippen LogP contribution in [0.4, 0.5) is 5.69 Å². The molecule has 1 heterocycles. The summed E-state index contributed by atoms with van der Waals surface area (Å²) in [7, 11) is 0. The number of nitrogens with one attached hydrogen (secondary N) is 1. The molecule has 0 aliphatic rings. The Balaban J connectivity index is 1.80. The second kappa shape index (κ2) is 9.68. The standard InChI is InChI=1S/C18H20BrN3O3S/c1-11-15(12(2)21-18(20-11)26-3)8-9-17(24)25-10-16(23)22-14-6-4-13(19)5-7-14/h4-7H,8-10H2,1-3H3,(H,22,23). The summed E-state index contributed by atoms with van der Waals surface area (Å²) >= 11 is 4.81. The average Bonchev–Trinajstić information content (AvgIpc) is 2.61. The lowest BCUT2D eigenvalue weighted by Crippen LogP contribution is -2.21. The number of nitrogens with zero attached hydrogens (tertiary/aromatic N) is 2. The van der Waals surface area contributed by atoms with Gasteiger partial charge in [0, 0.05) is 28.0 Å². The smallest absolute Gasteiger partial charge is 0.306 e. The zero-order chi connectivity index (χ0) is 19.1. The number of aromatic nitrogens is 2. The quantitative estimate of drug-likeness (QED) is 0.404. The first-order valence-corrected chi connectivity index (χ1v) is 10.00. The van der Waals surface area contributed by atoms with Crippen LogP contribution in [0.2, 0.25) is 0 Å². The van der Waals surface area contributed by atoms with E-state index < -0.39 is 5.97 Å². The monoisotopic (exact) mass is 437 g/mol. The molecule has 26 heavy (non-hydrogen) atoms. The Labute approximate surface area is 165 Å². The maximum Gasteiger partial charge on any atom is 0.306 e. The lowest BCUT2D eigenvalue weighted by molar-refractivity contribution is -0.147. The van der Waals surface area contributed by atoms with Crippen LogP contribution in [-0.2, 0) is 20.7 Å². The van der Waals surface area contributed by atoms with Gasteiger partial charge in [-0.1, -0.05) is 27.7 Å². The van der Waals surface area contributed by atoms with Crippen LogP contribution in [-0.4, -0.2) is 34.7 Å². The van der Waals surface area contributed by atoms with Crippen LogP contribution in [0.1, 0.15) is 23.4 Å². The number of aryl methyl sites for hydroxylation is 2. The van der Waals surface area contributed by atoms with Crippen molar-refractivity contribution in [2.75, 3.05) is 18.2 Å². The Kier molecular flexibility index (Phi) is 7.59. The first-order valence-electron chi connectivity index (χ1n) is 7.98. The van der Waals surface area contributed by atoms with Gasteiger partial charge >= 0.3 is 5.97 Å². The molecule has 1 amide bonds. The molecule has 1 N–H and O–H groups in total. The Morgan fingerprint density at radius 3 is 2.35 bits per heavy atom. The van der Waals surface area contributed by atoms with Crippen LogP contribution in [0.3, 0.4) is 0 Å². The molecule has 6 nitrogen and oxygen atoms in total. The van der Waals surface area contributed by atoms with Crippen molar-refractivity contribution in [1.29, 1.82) is 0 Å². The second-order valence-corrected chi connectivity index (χ2v) is 7.26. The maximum absolute atomic E-state index is 11.9. The Bertz CT molecular complexity index is 774. The number of halogens is 1. The van der Waals surface area contributed by atoms with Crippen molar-refractivity contribution in [2.45, 2.75) is 31.8 Å². The number of hydrogen-bond acceptors (Lipinski definition) is 6. The minimum atomic E-state index is -0.427. The predicted octanol–water partition coefficient (Wildman–Crippen LogP) is 3.69. The van der Waals surface area contributed by atoms with Crippen LogP contribution in [0.5, 0.6) is 0 Å². The summed E-state index contributed by atoms with van der Waals surface area (Å²) in [5, 5.41) is 3.39. The fraction of sp³-hybridized carbons (Fsp3) is 0.333. The molecule has 0 unspecified atom stereocenters. The van der Waals surface area contributed by atoms with Crippen molar-refractivity contribution in [3.8, 4) is 0 Å². The Hall–Kier alpha value is -1.93. The number of rotatable bonds is 7. The third kappa shape index (κ3) is 6.10. The van der Waals surface area contributed by atoms with Gasteiger partial charge in [0.15, 0.2) is 11.8 Å². The Morgan fingerprint density at radius 2 is 1.77 bits per heavy atom. The maximum atomic E-state index is 11.9. The summed E-state index contributed by atoms with van der Waals surface area (Å²) in [5.41, 5.74) is 3.32. The first kappa shape index (κ1) is 20.4. The van der Waals surface area contributed by atoms with Crippen LogP contribution < -0.4 is 5.32 Å². The second-order valence-electron chi connectivity index (χ2n) is 5.58. The zero-order valence-corrected chi connectivity index (χ0v) is 17.2. The Morgan fingerprint density at radius 1 is 1.15 bits per heavy atom. The normalized spacial score (nSPS) is 10.5. The van der Waals surface area contributed by atoms with Gasteiger partial charge in [-0.2, -0.15) is 0 Å². The summed E-state index contributed by atoms with van der Waals surface area (Å²) < 4.78 is 5.96. The molecule has 2 aromatic rings. The largest absolute Gasteiger partial charge is 0.456 e. The van der Waals surface area contributed by atoms with E-state index in [0.29, 0.717) is 12.1 Å². The van der Waals surface area contributed by atoms with E-state index in [1.807, 2.05) is 32.2 Å². The molecule has 8 heteroatoms. The lowest BCUT2D eigenvalue weighted by Gasteiger charge is -2.10. The molecule has 0 saturated carbocycles. The molecule has 0 aliphatic carbocycles. The zero-order valence-electron chi connectivity index (χ0n) is 14.8. The van der Waals surface area contributed by atoms with E-state index in [1.54, 1.807) is 12.1 Å². The number of thioether (sulfide) groups is 1. The topological polar surface area (TPSA) is 81.2 Å². The van der Waals surface area contributed by atoms with Gasteiger partial charge in [0.1, 0.15) is 0 Å². The molecule has 2 rings (SSSR count). The number of ether oxygens (including phenoxy) is 1. The molecule has 0 spiro atoms. The number of anilines is 1. The van der Waals surface area contributed by atoms with E-state index in [9.17, 15) is 9.59 Å². The van der Waals surface area contributed by atoms with E-state index in [1.165, 1.54) is 11.8 Å². The van der Waals surface area contributed by atoms with Gasteiger partial charge < -0.3 is 10.1 Å². The number of carbonyl (C=O) groups is 2. The minimum absolute atomic E-state index is 0.176. The predicted molar refractivity (Wildman–Crippen MR) is 105 cm³/mol. The van der Waals surface area contributed by atoms with Crippen molar-refractivity contribution >= 4 is 45.3 Å². The van der Waals surface area contributed by atoms with Crippen molar-refractivity contribution in [3.05, 3.63) is 45.7 Å². The molecular formula is C18H20BrN3O3S. The van der Waals surface area contributed by atoms with Gasteiger partial charge in [-0.3, -0.25) is 9.59 Å². The van der Waals surface area contributed by atoms with Gasteiger partial charge in [-0.25, -0.2) is 9.97 Å². The third-order valence-electron chi connectivity index (χ3n) is 3.65. The van der Waals surface area contributed by atoms with Crippen LogP contribution in [0, 0.1) is 13.8 Å². The number of amides is 1. The highest BCUT2D eigenvalue weighted by Gasteiger charge is 2.12. The van der Waals surface area contributed by atoms with Gasteiger partial charge in [-0.05, 0) is 56.4 Å². The average molecular weight is 438 g/mol. The first-order chi connectivity index (χ1) is 12.4. The summed E-state index contributed by atoms with van der Waals surface area (Å²) in [6.07, 6.45) is 2.58. The number of benzene rings is 1. The molecule has 0 fully saturated rings. The molecule has 0 aliphatic heterocycles. The summed E-state index contributed by atoms with van der Waals surface area (Å²) in [4.78, 5) is 32.5. The molecule has 0 bridgehead atoms. The van der Waals surface area contributed by atoms with Crippen LogP contribution in [0.15, 0.2) is 33.9 Å². The highest BCUT2D eigenvalue weighted by atomic mass is 79.9. The van der Waals surface area contributed by atoms with Gasteiger partial charge in [0.2, 0.25) is 0 Å². The molecule has 0 radical (unpaired) electrons. The number of esters is 1. The molecule has 138 valence electrons. The SMILES string of the molecule is CSc1nc(C)c(CCC(=O)OCC(=O)Nc2ccc(Br)cc2)c(C)n1. The lowest BCUT2D eigenvalue weighted by atomic mass is 10.1. The molecule has 1 aromatic heterocycles.